The standard InChI is InChI=1S/C21H25F3N4O2Si/c1-31(2,3)12-11-30-15-28-18-9-10-25-13-17(18)19(26-28)20(29)27(14-21(22,23)24)16-7-5-4-6-8-16/h4-10,13H,11-12,14-15H2,1-3H3. The van der Waals surface area contributed by atoms with Crippen molar-refractivity contribution in [3.63, 3.8) is 0 Å². The van der Waals surface area contributed by atoms with Gasteiger partial charge in [-0.2, -0.15) is 18.3 Å². The molecule has 0 atom stereocenters. The molecule has 0 N–H and O–H groups in total. The van der Waals surface area contributed by atoms with E-state index in [1.165, 1.54) is 23.0 Å². The third kappa shape index (κ3) is 6.14. The lowest BCUT2D eigenvalue weighted by Crippen LogP contribution is -2.39. The number of para-hydroxylation sites is 1. The summed E-state index contributed by atoms with van der Waals surface area (Å²) in [6.45, 7) is 5.94. The summed E-state index contributed by atoms with van der Waals surface area (Å²) in [6, 6.07) is 10.4. The Labute approximate surface area is 179 Å². The summed E-state index contributed by atoms with van der Waals surface area (Å²) in [5.41, 5.74) is 0.624. The minimum Gasteiger partial charge on any atom is -0.360 e. The molecule has 0 aliphatic heterocycles. The predicted molar refractivity (Wildman–Crippen MR) is 116 cm³/mol. The minimum atomic E-state index is -4.57. The van der Waals surface area contributed by atoms with Gasteiger partial charge in [-0.1, -0.05) is 37.8 Å². The van der Waals surface area contributed by atoms with Crippen LogP contribution < -0.4 is 4.90 Å². The van der Waals surface area contributed by atoms with Crippen LogP contribution in [0.25, 0.3) is 10.9 Å². The lowest BCUT2D eigenvalue weighted by Gasteiger charge is -2.23. The number of fused-ring (bicyclic) bond motifs is 1. The number of benzene rings is 1. The molecule has 0 aliphatic rings. The Bertz CT molecular complexity index is 1030. The topological polar surface area (TPSA) is 60.3 Å². The van der Waals surface area contributed by atoms with Crippen molar-refractivity contribution in [3.8, 4) is 0 Å². The van der Waals surface area contributed by atoms with Gasteiger partial charge in [-0.15, -0.1) is 0 Å². The molecule has 0 fully saturated rings. The maximum Gasteiger partial charge on any atom is 0.406 e. The van der Waals surface area contributed by atoms with E-state index in [9.17, 15) is 18.0 Å². The van der Waals surface area contributed by atoms with Crippen LogP contribution in [0, 0.1) is 0 Å². The highest BCUT2D eigenvalue weighted by Gasteiger charge is 2.35. The van der Waals surface area contributed by atoms with Gasteiger partial charge in [-0.05, 0) is 24.2 Å². The molecule has 10 heteroatoms. The summed E-state index contributed by atoms with van der Waals surface area (Å²) in [5, 5.41) is 4.68. The summed E-state index contributed by atoms with van der Waals surface area (Å²) in [5.74, 6) is -0.845. The predicted octanol–water partition coefficient (Wildman–Crippen LogP) is 4.95. The van der Waals surface area contributed by atoms with Crippen LogP contribution in [-0.2, 0) is 11.5 Å². The fourth-order valence-electron chi connectivity index (χ4n) is 3.00. The zero-order chi connectivity index (χ0) is 22.6. The van der Waals surface area contributed by atoms with E-state index in [1.54, 1.807) is 30.5 Å². The van der Waals surface area contributed by atoms with Crippen molar-refractivity contribution in [3.05, 3.63) is 54.5 Å². The van der Waals surface area contributed by atoms with E-state index in [0.717, 1.165) is 6.04 Å². The number of carbonyl (C=O) groups is 1. The molecule has 0 saturated carbocycles. The van der Waals surface area contributed by atoms with Gasteiger partial charge in [0.05, 0.1) is 10.9 Å². The molecule has 2 heterocycles. The van der Waals surface area contributed by atoms with E-state index >= 15 is 0 Å². The maximum absolute atomic E-state index is 13.2. The number of ether oxygens (including phenoxy) is 1. The molecule has 0 unspecified atom stereocenters. The van der Waals surface area contributed by atoms with E-state index < -0.39 is 26.7 Å². The van der Waals surface area contributed by atoms with Crippen molar-refractivity contribution in [1.82, 2.24) is 14.8 Å². The largest absolute Gasteiger partial charge is 0.406 e. The van der Waals surface area contributed by atoms with Crippen LogP contribution in [0.1, 0.15) is 10.5 Å². The lowest BCUT2D eigenvalue weighted by molar-refractivity contribution is -0.118. The van der Waals surface area contributed by atoms with Crippen LogP contribution in [0.4, 0.5) is 18.9 Å². The number of pyridine rings is 1. The molecule has 3 rings (SSSR count). The molecule has 0 saturated heterocycles. The first-order valence-corrected chi connectivity index (χ1v) is 13.6. The van der Waals surface area contributed by atoms with Crippen LogP contribution in [0.15, 0.2) is 48.8 Å². The fourth-order valence-corrected chi connectivity index (χ4v) is 3.76. The number of hydrogen-bond donors (Lipinski definition) is 0. The van der Waals surface area contributed by atoms with Crippen molar-refractivity contribution >= 4 is 30.6 Å². The number of amides is 1. The normalized spacial score (nSPS) is 12.3. The summed E-state index contributed by atoms with van der Waals surface area (Å²) in [7, 11) is -1.27. The van der Waals surface area contributed by atoms with E-state index in [0.29, 0.717) is 22.4 Å². The number of hydrogen-bond acceptors (Lipinski definition) is 4. The number of carbonyl (C=O) groups excluding carboxylic acids is 1. The van der Waals surface area contributed by atoms with Gasteiger partial charge in [0.1, 0.15) is 13.3 Å². The molecule has 2 aromatic heterocycles. The second-order valence-corrected chi connectivity index (χ2v) is 14.1. The van der Waals surface area contributed by atoms with Crippen molar-refractivity contribution in [2.75, 3.05) is 18.1 Å². The van der Waals surface area contributed by atoms with Crippen LogP contribution in [-0.4, -0.2) is 48.1 Å². The second-order valence-electron chi connectivity index (χ2n) is 8.43. The molecular weight excluding hydrogens is 425 g/mol. The zero-order valence-electron chi connectivity index (χ0n) is 17.7. The van der Waals surface area contributed by atoms with E-state index in [2.05, 4.69) is 29.7 Å². The Kier molecular flexibility index (Phi) is 6.80. The molecule has 0 bridgehead atoms. The second kappa shape index (κ2) is 9.19. The average Bonchev–Trinajstić information content (AvgIpc) is 3.07. The van der Waals surface area contributed by atoms with Crippen LogP contribution in [0.2, 0.25) is 25.7 Å². The van der Waals surface area contributed by atoms with Crippen molar-refractivity contribution in [2.45, 2.75) is 38.6 Å². The zero-order valence-corrected chi connectivity index (χ0v) is 18.7. The number of halogens is 3. The Morgan fingerprint density at radius 3 is 2.52 bits per heavy atom. The SMILES string of the molecule is C[Si](C)(C)CCOCn1nc(C(=O)N(CC(F)(F)F)c2ccccc2)c2cnccc21. The fraction of sp³-hybridized carbons (Fsp3) is 0.381. The lowest BCUT2D eigenvalue weighted by atomic mass is 10.2. The first-order chi connectivity index (χ1) is 14.6. The number of alkyl halides is 3. The first kappa shape index (κ1) is 23.0. The third-order valence-electron chi connectivity index (χ3n) is 4.61. The van der Waals surface area contributed by atoms with Gasteiger partial charge < -0.3 is 4.74 Å². The van der Waals surface area contributed by atoms with Gasteiger partial charge in [0, 0.05) is 32.8 Å². The summed E-state index contributed by atoms with van der Waals surface area (Å²) in [6.07, 6.45) is -1.59. The quantitative estimate of drug-likeness (QED) is 0.360. The third-order valence-corrected chi connectivity index (χ3v) is 6.32. The highest BCUT2D eigenvalue weighted by Crippen LogP contribution is 2.26. The summed E-state index contributed by atoms with van der Waals surface area (Å²) >= 11 is 0. The number of nitrogens with zero attached hydrogens (tertiary/aromatic N) is 4. The van der Waals surface area contributed by atoms with E-state index in [4.69, 9.17) is 4.74 Å². The van der Waals surface area contributed by atoms with Gasteiger partial charge >= 0.3 is 6.18 Å². The average molecular weight is 451 g/mol. The first-order valence-electron chi connectivity index (χ1n) is 9.87. The van der Waals surface area contributed by atoms with Crippen molar-refractivity contribution < 1.29 is 22.7 Å². The Balaban J connectivity index is 1.92. The molecule has 3 aromatic rings. The number of aromatic nitrogens is 3. The Hall–Kier alpha value is -2.72. The van der Waals surface area contributed by atoms with E-state index in [1.807, 2.05) is 0 Å². The maximum atomic E-state index is 13.2. The highest BCUT2D eigenvalue weighted by atomic mass is 28.3. The van der Waals surface area contributed by atoms with Gasteiger partial charge in [0.2, 0.25) is 0 Å². The van der Waals surface area contributed by atoms with Crippen LogP contribution >= 0.6 is 0 Å². The molecule has 1 aromatic carbocycles. The monoisotopic (exact) mass is 450 g/mol. The van der Waals surface area contributed by atoms with Crippen LogP contribution in [0.3, 0.4) is 0 Å². The molecule has 0 spiro atoms. The van der Waals surface area contributed by atoms with Gasteiger partial charge in [0.25, 0.3) is 5.91 Å². The van der Waals surface area contributed by atoms with Gasteiger partial charge in [-0.25, -0.2) is 4.68 Å². The Morgan fingerprint density at radius 1 is 1.16 bits per heavy atom. The molecule has 31 heavy (non-hydrogen) atoms. The summed E-state index contributed by atoms with van der Waals surface area (Å²) in [4.78, 5) is 17.9. The molecule has 1 amide bonds. The van der Waals surface area contributed by atoms with Crippen LogP contribution in [0.5, 0.6) is 0 Å². The number of rotatable bonds is 8. The summed E-state index contributed by atoms with van der Waals surface area (Å²) < 4.78 is 46.9. The molecule has 166 valence electrons. The molecular formula is C21H25F3N4O2Si. The highest BCUT2D eigenvalue weighted by molar-refractivity contribution is 6.76. The molecule has 6 nitrogen and oxygen atoms in total. The van der Waals surface area contributed by atoms with Gasteiger partial charge in [-0.3, -0.25) is 14.7 Å². The van der Waals surface area contributed by atoms with Crippen molar-refractivity contribution in [1.29, 1.82) is 0 Å². The van der Waals surface area contributed by atoms with Crippen molar-refractivity contribution in [2.24, 2.45) is 0 Å². The van der Waals surface area contributed by atoms with Gasteiger partial charge in [0.15, 0.2) is 5.69 Å². The smallest absolute Gasteiger partial charge is 0.360 e. The molecule has 0 aliphatic carbocycles. The number of anilines is 1. The molecule has 0 radical (unpaired) electrons. The minimum absolute atomic E-state index is 0.0926. The van der Waals surface area contributed by atoms with E-state index in [-0.39, 0.29) is 18.1 Å². The Morgan fingerprint density at radius 2 is 1.87 bits per heavy atom.